The summed E-state index contributed by atoms with van der Waals surface area (Å²) in [6.45, 7) is 6.58. The van der Waals surface area contributed by atoms with Crippen molar-refractivity contribution >= 4 is 28.9 Å². The maximum absolute atomic E-state index is 4.59. The van der Waals surface area contributed by atoms with Crippen LogP contribution in [0.15, 0.2) is 107 Å². The van der Waals surface area contributed by atoms with E-state index < -0.39 is 0 Å². The first-order valence-corrected chi connectivity index (χ1v) is 9.51. The van der Waals surface area contributed by atoms with Crippen LogP contribution in [0.4, 0.5) is 0 Å². The molecule has 28 heavy (non-hydrogen) atoms. The van der Waals surface area contributed by atoms with Gasteiger partial charge in [0.15, 0.2) is 0 Å². The van der Waals surface area contributed by atoms with Crippen LogP contribution in [-0.4, -0.2) is 19.0 Å². The molecular formula is C26H22N2. The number of nitrogens with zero attached hydrogens (tertiary/aromatic N) is 2. The highest BCUT2D eigenvalue weighted by Gasteiger charge is 2.12. The van der Waals surface area contributed by atoms with Crippen LogP contribution >= 0.6 is 0 Å². The summed E-state index contributed by atoms with van der Waals surface area (Å²) in [5.41, 5.74) is 6.28. The lowest BCUT2D eigenvalue weighted by Crippen LogP contribution is -2.04. The minimum Gasteiger partial charge on any atom is -0.285 e. The van der Waals surface area contributed by atoms with E-state index in [2.05, 4.69) is 89.5 Å². The molecule has 0 bridgehead atoms. The fraction of sp³-hybridized carbons (Fsp3) is 0.0769. The van der Waals surface area contributed by atoms with Crippen molar-refractivity contribution in [3.8, 4) is 11.1 Å². The number of rotatable bonds is 4. The number of aliphatic imine (C=N–C) groups is 2. The molecule has 0 N–H and O–H groups in total. The van der Waals surface area contributed by atoms with E-state index in [4.69, 9.17) is 0 Å². The third-order valence-corrected chi connectivity index (χ3v) is 4.90. The Bertz CT molecular complexity index is 1140. The van der Waals surface area contributed by atoms with Gasteiger partial charge in [-0.2, -0.15) is 0 Å². The Labute approximate surface area is 166 Å². The average molecular weight is 362 g/mol. The maximum Gasteiger partial charge on any atom is 0.0788 e. The summed E-state index contributed by atoms with van der Waals surface area (Å²) in [5.74, 6) is 0. The SMILES string of the molecule is C=N/C(=C1/C=CC=CC1=NCC)c1ccc(-c2cccc3ccccc23)cc1. The summed E-state index contributed by atoms with van der Waals surface area (Å²) in [6.07, 6.45) is 8.09. The lowest BCUT2D eigenvalue weighted by Gasteiger charge is -2.13. The number of hydrogen-bond acceptors (Lipinski definition) is 2. The van der Waals surface area contributed by atoms with Crippen molar-refractivity contribution in [3.63, 3.8) is 0 Å². The molecular weight excluding hydrogens is 340 g/mol. The molecule has 0 aliphatic heterocycles. The van der Waals surface area contributed by atoms with E-state index >= 15 is 0 Å². The van der Waals surface area contributed by atoms with Crippen LogP contribution in [0.2, 0.25) is 0 Å². The van der Waals surface area contributed by atoms with Gasteiger partial charge in [-0.3, -0.25) is 9.98 Å². The van der Waals surface area contributed by atoms with Crippen molar-refractivity contribution in [1.82, 2.24) is 0 Å². The van der Waals surface area contributed by atoms with Crippen LogP contribution in [0.1, 0.15) is 12.5 Å². The molecule has 0 heterocycles. The summed E-state index contributed by atoms with van der Waals surface area (Å²) in [6, 6.07) is 23.4. The summed E-state index contributed by atoms with van der Waals surface area (Å²) < 4.78 is 0. The summed E-state index contributed by atoms with van der Waals surface area (Å²) in [4.78, 5) is 8.92. The fourth-order valence-electron chi connectivity index (χ4n) is 3.60. The van der Waals surface area contributed by atoms with Gasteiger partial charge in [-0.05, 0) is 41.6 Å². The van der Waals surface area contributed by atoms with E-state index in [1.165, 1.54) is 21.9 Å². The molecule has 0 radical (unpaired) electrons. The number of benzene rings is 3. The predicted molar refractivity (Wildman–Crippen MR) is 122 cm³/mol. The predicted octanol–water partition coefficient (Wildman–Crippen LogP) is 6.51. The van der Waals surface area contributed by atoms with E-state index in [0.29, 0.717) is 0 Å². The minimum atomic E-state index is 0.738. The van der Waals surface area contributed by atoms with E-state index in [9.17, 15) is 0 Å². The molecule has 1 aliphatic rings. The zero-order chi connectivity index (χ0) is 19.3. The smallest absolute Gasteiger partial charge is 0.0788 e. The van der Waals surface area contributed by atoms with Gasteiger partial charge < -0.3 is 0 Å². The molecule has 3 aromatic rings. The molecule has 0 spiro atoms. The molecule has 136 valence electrons. The lowest BCUT2D eigenvalue weighted by molar-refractivity contribution is 1.13. The van der Waals surface area contributed by atoms with Gasteiger partial charge in [0.1, 0.15) is 0 Å². The molecule has 0 fully saturated rings. The summed E-state index contributed by atoms with van der Waals surface area (Å²) >= 11 is 0. The standard InChI is InChI=1S/C26H22N2/c1-3-28-25-14-7-6-12-24(25)26(27-2)21-17-15-20(16-18-21)23-13-8-10-19-9-4-5-11-22(19)23/h4-18H,2-3H2,1H3/b26-24-,28-25?. The van der Waals surface area contributed by atoms with Gasteiger partial charge >= 0.3 is 0 Å². The second-order valence-corrected chi connectivity index (χ2v) is 6.60. The number of allylic oxidation sites excluding steroid dienone is 5. The fourth-order valence-corrected chi connectivity index (χ4v) is 3.60. The van der Waals surface area contributed by atoms with Crippen molar-refractivity contribution in [2.24, 2.45) is 9.98 Å². The monoisotopic (exact) mass is 362 g/mol. The topological polar surface area (TPSA) is 24.7 Å². The Morgan fingerprint density at radius 2 is 1.61 bits per heavy atom. The average Bonchev–Trinajstić information content (AvgIpc) is 2.76. The van der Waals surface area contributed by atoms with Crippen molar-refractivity contribution in [2.45, 2.75) is 6.92 Å². The normalized spacial score (nSPS) is 16.5. The third-order valence-electron chi connectivity index (χ3n) is 4.90. The van der Waals surface area contributed by atoms with Gasteiger partial charge in [0, 0.05) is 17.7 Å². The van der Waals surface area contributed by atoms with E-state index in [-0.39, 0.29) is 0 Å². The van der Waals surface area contributed by atoms with Crippen LogP contribution in [0.25, 0.3) is 27.6 Å². The van der Waals surface area contributed by atoms with Crippen LogP contribution in [-0.2, 0) is 0 Å². The molecule has 4 rings (SSSR count). The molecule has 0 amide bonds. The number of fused-ring (bicyclic) bond motifs is 1. The Hall–Kier alpha value is -3.52. The van der Waals surface area contributed by atoms with Gasteiger partial charge in [-0.15, -0.1) is 0 Å². The van der Waals surface area contributed by atoms with E-state index in [1.54, 1.807) is 0 Å². The van der Waals surface area contributed by atoms with Crippen molar-refractivity contribution in [3.05, 3.63) is 102 Å². The highest BCUT2D eigenvalue weighted by Crippen LogP contribution is 2.31. The Morgan fingerprint density at radius 1 is 0.857 bits per heavy atom. The highest BCUT2D eigenvalue weighted by atomic mass is 14.8. The van der Waals surface area contributed by atoms with Crippen molar-refractivity contribution < 1.29 is 0 Å². The first-order chi connectivity index (χ1) is 13.8. The van der Waals surface area contributed by atoms with Gasteiger partial charge in [-0.25, -0.2) is 0 Å². The van der Waals surface area contributed by atoms with Crippen molar-refractivity contribution in [2.75, 3.05) is 6.54 Å². The first-order valence-electron chi connectivity index (χ1n) is 9.51. The molecule has 0 aromatic heterocycles. The zero-order valence-electron chi connectivity index (χ0n) is 16.0. The second kappa shape index (κ2) is 8.01. The van der Waals surface area contributed by atoms with Crippen LogP contribution in [0.5, 0.6) is 0 Å². The molecule has 2 heteroatoms. The van der Waals surface area contributed by atoms with Gasteiger partial charge in [0.25, 0.3) is 0 Å². The third kappa shape index (κ3) is 3.37. The van der Waals surface area contributed by atoms with Gasteiger partial charge in [-0.1, -0.05) is 85.0 Å². The molecule has 1 aliphatic carbocycles. The van der Waals surface area contributed by atoms with E-state index in [0.717, 1.165) is 29.1 Å². The minimum absolute atomic E-state index is 0.738. The summed E-state index contributed by atoms with van der Waals surface area (Å²) in [7, 11) is 0. The lowest BCUT2D eigenvalue weighted by atomic mass is 9.95. The van der Waals surface area contributed by atoms with Crippen LogP contribution in [0.3, 0.4) is 0 Å². The Balaban J connectivity index is 1.78. The molecule has 0 atom stereocenters. The van der Waals surface area contributed by atoms with Gasteiger partial charge in [0.05, 0.1) is 11.4 Å². The molecule has 0 saturated carbocycles. The molecule has 0 saturated heterocycles. The zero-order valence-corrected chi connectivity index (χ0v) is 16.0. The largest absolute Gasteiger partial charge is 0.285 e. The molecule has 0 unspecified atom stereocenters. The quantitative estimate of drug-likeness (QED) is 0.473. The summed E-state index contributed by atoms with van der Waals surface area (Å²) in [5, 5.41) is 2.51. The van der Waals surface area contributed by atoms with Gasteiger partial charge in [0.2, 0.25) is 0 Å². The van der Waals surface area contributed by atoms with Crippen LogP contribution in [0, 0.1) is 0 Å². The highest BCUT2D eigenvalue weighted by molar-refractivity contribution is 6.16. The molecule has 2 nitrogen and oxygen atoms in total. The molecule has 3 aromatic carbocycles. The maximum atomic E-state index is 4.59. The Kier molecular flexibility index (Phi) is 5.11. The van der Waals surface area contributed by atoms with E-state index in [1.807, 2.05) is 25.2 Å². The second-order valence-electron chi connectivity index (χ2n) is 6.60. The van der Waals surface area contributed by atoms with Crippen molar-refractivity contribution in [1.29, 1.82) is 0 Å². The Morgan fingerprint density at radius 3 is 2.39 bits per heavy atom. The van der Waals surface area contributed by atoms with Crippen LogP contribution < -0.4 is 0 Å². The first kappa shape index (κ1) is 17.9. The number of hydrogen-bond donors (Lipinski definition) is 0.